The predicted molar refractivity (Wildman–Crippen MR) is 81.8 cm³/mol. The molecule has 1 atom stereocenters. The normalized spacial score (nSPS) is 19.8. The van der Waals surface area contributed by atoms with Gasteiger partial charge in [0, 0.05) is 6.04 Å². The Kier molecular flexibility index (Phi) is 6.70. The predicted octanol–water partition coefficient (Wildman–Crippen LogP) is 1.62. The van der Waals surface area contributed by atoms with Crippen LogP contribution in [-0.4, -0.2) is 46.6 Å². The first-order valence-corrected chi connectivity index (χ1v) is 7.71. The molecule has 0 aromatic heterocycles. The van der Waals surface area contributed by atoms with E-state index in [-0.39, 0.29) is 24.9 Å². The molecule has 1 saturated heterocycles. The average Bonchev–Trinajstić information content (AvgIpc) is 2.46. The lowest BCUT2D eigenvalue weighted by atomic mass is 9.93. The van der Waals surface area contributed by atoms with Crippen molar-refractivity contribution in [2.24, 2.45) is 0 Å². The van der Waals surface area contributed by atoms with E-state index in [9.17, 15) is 9.59 Å². The number of nitrogens with one attached hydrogen (secondary N) is 1. The van der Waals surface area contributed by atoms with Crippen LogP contribution in [0.4, 0.5) is 0 Å². The zero-order valence-electron chi connectivity index (χ0n) is 13.0. The number of carboxylic acid groups (broad SMARTS) is 1. The van der Waals surface area contributed by atoms with Gasteiger partial charge in [0.05, 0.1) is 13.0 Å². The summed E-state index contributed by atoms with van der Waals surface area (Å²) in [7, 11) is 0. The van der Waals surface area contributed by atoms with Crippen LogP contribution in [0.15, 0.2) is 0 Å². The van der Waals surface area contributed by atoms with Crippen LogP contribution in [0.5, 0.6) is 0 Å². The molecule has 5 nitrogen and oxygen atoms in total. The number of hydrogen-bond acceptors (Lipinski definition) is 3. The zero-order chi connectivity index (χ0) is 15.9. The summed E-state index contributed by atoms with van der Waals surface area (Å²) in [6.45, 7) is 4.91. The Morgan fingerprint density at radius 3 is 2.57 bits per heavy atom. The molecule has 0 saturated carbocycles. The van der Waals surface area contributed by atoms with Gasteiger partial charge in [0.25, 0.3) is 0 Å². The van der Waals surface area contributed by atoms with Crippen molar-refractivity contribution in [2.45, 2.75) is 64.0 Å². The van der Waals surface area contributed by atoms with Crippen molar-refractivity contribution < 1.29 is 14.7 Å². The third kappa shape index (κ3) is 5.05. The van der Waals surface area contributed by atoms with Crippen LogP contribution in [0.3, 0.4) is 0 Å². The minimum absolute atomic E-state index is 0.0505. The Morgan fingerprint density at radius 1 is 1.38 bits per heavy atom. The summed E-state index contributed by atoms with van der Waals surface area (Å²) in [5.41, 5.74) is -0.588. The lowest BCUT2D eigenvalue weighted by Crippen LogP contribution is -2.52. The number of aliphatic carboxylic acids is 1. The zero-order valence-corrected chi connectivity index (χ0v) is 13.0. The maximum absolute atomic E-state index is 12.2. The number of carbonyl (C=O) groups excluding carboxylic acids is 1. The molecular formula is C16H26N2O3. The molecule has 1 heterocycles. The van der Waals surface area contributed by atoms with Crippen molar-refractivity contribution in [3.05, 3.63) is 0 Å². The van der Waals surface area contributed by atoms with Gasteiger partial charge in [-0.2, -0.15) is 0 Å². The van der Waals surface area contributed by atoms with E-state index in [2.05, 4.69) is 11.2 Å². The molecule has 0 aromatic carbocycles. The number of likely N-dealkylation sites (tertiary alicyclic amines) is 1. The molecular weight excluding hydrogens is 268 g/mol. The Labute approximate surface area is 127 Å². The minimum Gasteiger partial charge on any atom is -0.481 e. The van der Waals surface area contributed by atoms with Gasteiger partial charge in [0.1, 0.15) is 5.54 Å². The molecule has 118 valence electrons. The monoisotopic (exact) mass is 294 g/mol. The Hall–Kier alpha value is -1.54. The lowest BCUT2D eigenvalue weighted by molar-refractivity contribution is -0.139. The average molecular weight is 294 g/mol. The fraction of sp³-hybridized carbons (Fsp3) is 0.750. The van der Waals surface area contributed by atoms with E-state index in [4.69, 9.17) is 11.5 Å². The molecule has 1 unspecified atom stereocenters. The maximum Gasteiger partial charge on any atom is 0.304 e. The number of nitrogens with zero attached hydrogens (tertiary/aromatic N) is 1. The SMILES string of the molecule is C#CC(CC)(CC)NC(=O)CN1CCCCC1CC(=O)O. The Morgan fingerprint density at radius 2 is 2.05 bits per heavy atom. The van der Waals surface area contributed by atoms with Gasteiger partial charge in [0.2, 0.25) is 5.91 Å². The van der Waals surface area contributed by atoms with Gasteiger partial charge in [0.15, 0.2) is 0 Å². The minimum atomic E-state index is -0.813. The largest absolute Gasteiger partial charge is 0.481 e. The molecule has 0 radical (unpaired) electrons. The summed E-state index contributed by atoms with van der Waals surface area (Å²) in [6.07, 6.45) is 9.87. The number of carbonyl (C=O) groups is 2. The number of terminal acetylenes is 1. The maximum atomic E-state index is 12.2. The van der Waals surface area contributed by atoms with Gasteiger partial charge in [-0.05, 0) is 32.2 Å². The number of piperidine rings is 1. The molecule has 1 amide bonds. The molecule has 0 spiro atoms. The van der Waals surface area contributed by atoms with E-state index >= 15 is 0 Å². The van der Waals surface area contributed by atoms with Gasteiger partial charge in [-0.3, -0.25) is 14.5 Å². The van der Waals surface area contributed by atoms with Crippen molar-refractivity contribution in [3.63, 3.8) is 0 Å². The van der Waals surface area contributed by atoms with E-state index in [1.54, 1.807) is 0 Å². The van der Waals surface area contributed by atoms with Gasteiger partial charge >= 0.3 is 5.97 Å². The molecule has 0 aromatic rings. The van der Waals surface area contributed by atoms with E-state index in [1.165, 1.54) is 0 Å². The highest BCUT2D eigenvalue weighted by Crippen LogP contribution is 2.20. The fourth-order valence-corrected chi connectivity index (χ4v) is 2.86. The summed E-state index contributed by atoms with van der Waals surface area (Å²) < 4.78 is 0. The third-order valence-corrected chi connectivity index (χ3v) is 4.37. The third-order valence-electron chi connectivity index (χ3n) is 4.37. The van der Waals surface area contributed by atoms with Crippen LogP contribution >= 0.6 is 0 Å². The molecule has 1 aliphatic rings. The molecule has 2 N–H and O–H groups in total. The van der Waals surface area contributed by atoms with Crippen LogP contribution < -0.4 is 5.32 Å². The van der Waals surface area contributed by atoms with Crippen molar-refractivity contribution >= 4 is 11.9 Å². The van der Waals surface area contributed by atoms with Gasteiger partial charge in [-0.15, -0.1) is 6.42 Å². The van der Waals surface area contributed by atoms with E-state index in [0.717, 1.165) is 25.8 Å². The highest BCUT2D eigenvalue weighted by atomic mass is 16.4. The first-order valence-electron chi connectivity index (χ1n) is 7.71. The number of carboxylic acids is 1. The summed E-state index contributed by atoms with van der Waals surface area (Å²) in [4.78, 5) is 25.1. The molecule has 0 bridgehead atoms. The van der Waals surface area contributed by atoms with Crippen molar-refractivity contribution in [1.29, 1.82) is 0 Å². The van der Waals surface area contributed by atoms with Crippen LogP contribution in [0.2, 0.25) is 0 Å². The lowest BCUT2D eigenvalue weighted by Gasteiger charge is -2.35. The van der Waals surface area contributed by atoms with Crippen LogP contribution in [0.1, 0.15) is 52.4 Å². The molecule has 5 heteroatoms. The van der Waals surface area contributed by atoms with Crippen molar-refractivity contribution in [3.8, 4) is 12.3 Å². The van der Waals surface area contributed by atoms with Crippen molar-refractivity contribution in [2.75, 3.05) is 13.1 Å². The second kappa shape index (κ2) is 8.04. The van der Waals surface area contributed by atoms with Gasteiger partial charge in [-0.25, -0.2) is 0 Å². The summed E-state index contributed by atoms with van der Waals surface area (Å²) >= 11 is 0. The second-order valence-electron chi connectivity index (χ2n) is 5.70. The van der Waals surface area contributed by atoms with Crippen LogP contribution in [0.25, 0.3) is 0 Å². The van der Waals surface area contributed by atoms with Crippen LogP contribution in [-0.2, 0) is 9.59 Å². The highest BCUT2D eigenvalue weighted by Gasteiger charge is 2.29. The number of hydrogen-bond donors (Lipinski definition) is 2. The quantitative estimate of drug-likeness (QED) is 0.700. The molecule has 21 heavy (non-hydrogen) atoms. The number of rotatable bonds is 7. The number of amides is 1. The second-order valence-corrected chi connectivity index (χ2v) is 5.70. The molecule has 1 rings (SSSR count). The summed E-state index contributed by atoms with van der Waals surface area (Å²) in [5.74, 6) is 1.75. The van der Waals surface area contributed by atoms with Gasteiger partial charge < -0.3 is 10.4 Å². The van der Waals surface area contributed by atoms with E-state index in [1.807, 2.05) is 18.7 Å². The van der Waals surface area contributed by atoms with Crippen molar-refractivity contribution in [1.82, 2.24) is 10.2 Å². The van der Waals surface area contributed by atoms with Crippen LogP contribution in [0, 0.1) is 12.3 Å². The smallest absolute Gasteiger partial charge is 0.304 e. The Balaban J connectivity index is 2.63. The first-order chi connectivity index (χ1) is 9.96. The fourth-order valence-electron chi connectivity index (χ4n) is 2.86. The highest BCUT2D eigenvalue weighted by molar-refractivity contribution is 5.79. The first kappa shape index (κ1) is 17.5. The van der Waals surface area contributed by atoms with Gasteiger partial charge in [-0.1, -0.05) is 26.2 Å². The van der Waals surface area contributed by atoms with E-state index in [0.29, 0.717) is 12.8 Å². The molecule has 1 aliphatic heterocycles. The Bertz CT molecular complexity index is 410. The summed E-state index contributed by atoms with van der Waals surface area (Å²) in [6, 6.07) is -0.0505. The molecule has 0 aliphatic carbocycles. The topological polar surface area (TPSA) is 69.6 Å². The standard InChI is InChI=1S/C16H26N2O3/c1-4-16(5-2,6-3)17-14(19)12-18-10-8-7-9-13(18)11-15(20)21/h1,13H,5-12H2,2-3H3,(H,17,19)(H,20,21). The summed E-state index contributed by atoms with van der Waals surface area (Å²) in [5, 5.41) is 11.9. The molecule has 1 fully saturated rings. The van der Waals surface area contributed by atoms with E-state index < -0.39 is 11.5 Å².